The fraction of sp³-hybridized carbons (Fsp3) is 0.308. The molecule has 2 N–H and O–H groups in total. The Morgan fingerprint density at radius 3 is 2.48 bits per heavy atom. The highest BCUT2D eigenvalue weighted by Gasteiger charge is 2.38. The van der Waals surface area contributed by atoms with E-state index < -0.39 is 12.1 Å². The first-order chi connectivity index (χ1) is 9.90. The van der Waals surface area contributed by atoms with Gasteiger partial charge in [0.2, 0.25) is 5.82 Å². The minimum Gasteiger partial charge on any atom is -0.448 e. The molecular formula is C13H13F3N3O2+. The maximum Gasteiger partial charge on any atom is 0.471 e. The molecule has 0 atom stereocenters. The van der Waals surface area contributed by atoms with Crippen molar-refractivity contribution in [3.05, 3.63) is 35.7 Å². The van der Waals surface area contributed by atoms with Crippen molar-refractivity contribution in [1.82, 2.24) is 10.1 Å². The second-order valence-corrected chi connectivity index (χ2v) is 4.19. The number of rotatable bonds is 4. The Hall–Kier alpha value is -2.38. The molecule has 2 aromatic rings. The first kappa shape index (κ1) is 15.0. The predicted molar refractivity (Wildman–Crippen MR) is 67.0 cm³/mol. The van der Waals surface area contributed by atoms with Gasteiger partial charge < -0.3 is 9.26 Å². The zero-order chi connectivity index (χ0) is 15.5. The Kier molecular flexibility index (Phi) is 4.25. The third-order valence-corrected chi connectivity index (χ3v) is 2.59. The van der Waals surface area contributed by atoms with Gasteiger partial charge in [-0.05, 0) is 12.5 Å². The zero-order valence-corrected chi connectivity index (χ0v) is 11.1. The average molecular weight is 300 g/mol. The van der Waals surface area contributed by atoms with E-state index in [0.717, 1.165) is 5.56 Å². The lowest BCUT2D eigenvalue weighted by atomic mass is 10.1. The van der Waals surface area contributed by atoms with Crippen LogP contribution in [0.3, 0.4) is 0 Å². The highest BCUT2D eigenvalue weighted by atomic mass is 19.4. The van der Waals surface area contributed by atoms with E-state index in [1.165, 1.54) is 0 Å². The van der Waals surface area contributed by atoms with Gasteiger partial charge in [-0.25, -0.2) is 5.41 Å². The SMILES string of the molecule is CCOC(=[NH2+])Cc1ccc(-c2noc(C(F)(F)F)n2)cc1. The number of aromatic nitrogens is 2. The van der Waals surface area contributed by atoms with E-state index in [1.54, 1.807) is 24.3 Å². The maximum absolute atomic E-state index is 12.4. The quantitative estimate of drug-likeness (QED) is 0.686. The number of nitrogens with zero attached hydrogens (tertiary/aromatic N) is 2. The summed E-state index contributed by atoms with van der Waals surface area (Å²) in [4.78, 5) is 3.31. The van der Waals surface area contributed by atoms with Crippen molar-refractivity contribution < 1.29 is 27.8 Å². The van der Waals surface area contributed by atoms with Crippen molar-refractivity contribution in [2.45, 2.75) is 19.5 Å². The number of nitrogens with two attached hydrogens (primary N) is 1. The number of halogens is 3. The van der Waals surface area contributed by atoms with E-state index in [4.69, 9.17) is 10.1 Å². The molecule has 1 aromatic carbocycles. The van der Waals surface area contributed by atoms with Crippen molar-refractivity contribution in [2.75, 3.05) is 6.61 Å². The van der Waals surface area contributed by atoms with Gasteiger partial charge >= 0.3 is 18.0 Å². The van der Waals surface area contributed by atoms with Crippen LogP contribution in [-0.2, 0) is 17.3 Å². The van der Waals surface area contributed by atoms with E-state index in [2.05, 4.69) is 14.7 Å². The van der Waals surface area contributed by atoms with Crippen LogP contribution in [0.1, 0.15) is 18.4 Å². The molecule has 0 saturated heterocycles. The number of ether oxygens (including phenoxy) is 1. The molecule has 1 aromatic heterocycles. The predicted octanol–water partition coefficient (Wildman–Crippen LogP) is 1.49. The normalized spacial score (nSPS) is 11.4. The summed E-state index contributed by atoms with van der Waals surface area (Å²) < 4.78 is 46.4. The molecule has 0 amide bonds. The molecule has 5 nitrogen and oxygen atoms in total. The monoisotopic (exact) mass is 300 g/mol. The summed E-state index contributed by atoms with van der Waals surface area (Å²) in [5, 5.41) is 8.96. The van der Waals surface area contributed by atoms with Gasteiger partial charge in [0, 0.05) is 5.56 Å². The number of hydrogen-bond acceptors (Lipinski definition) is 4. The van der Waals surface area contributed by atoms with Gasteiger partial charge in [-0.3, -0.25) is 0 Å². The van der Waals surface area contributed by atoms with E-state index in [9.17, 15) is 13.2 Å². The molecule has 0 aliphatic heterocycles. The fourth-order valence-electron chi connectivity index (χ4n) is 1.67. The average Bonchev–Trinajstić information content (AvgIpc) is 2.89. The van der Waals surface area contributed by atoms with Crippen LogP contribution in [-0.4, -0.2) is 22.6 Å². The lowest BCUT2D eigenvalue weighted by molar-refractivity contribution is -0.159. The van der Waals surface area contributed by atoms with E-state index in [0.29, 0.717) is 24.5 Å². The largest absolute Gasteiger partial charge is 0.471 e. The van der Waals surface area contributed by atoms with Gasteiger partial charge in [0.25, 0.3) is 0 Å². The van der Waals surface area contributed by atoms with Gasteiger partial charge in [0.1, 0.15) is 0 Å². The fourth-order valence-corrected chi connectivity index (χ4v) is 1.67. The Morgan fingerprint density at radius 2 is 1.95 bits per heavy atom. The first-order valence-electron chi connectivity index (χ1n) is 6.14. The van der Waals surface area contributed by atoms with Gasteiger partial charge in [-0.15, -0.1) is 0 Å². The molecule has 0 unspecified atom stereocenters. The number of benzene rings is 1. The minimum atomic E-state index is -4.65. The zero-order valence-electron chi connectivity index (χ0n) is 11.1. The van der Waals surface area contributed by atoms with E-state index in [-0.39, 0.29) is 5.82 Å². The molecule has 1 heterocycles. The number of hydrogen-bond donors (Lipinski definition) is 1. The second-order valence-electron chi connectivity index (χ2n) is 4.19. The van der Waals surface area contributed by atoms with Crippen LogP contribution in [0.5, 0.6) is 0 Å². The Labute approximate surface area is 118 Å². The number of alkyl halides is 3. The Morgan fingerprint density at radius 1 is 1.29 bits per heavy atom. The van der Waals surface area contributed by atoms with E-state index in [1.807, 2.05) is 6.92 Å². The van der Waals surface area contributed by atoms with Crippen LogP contribution in [0.15, 0.2) is 28.8 Å². The van der Waals surface area contributed by atoms with Crippen molar-refractivity contribution in [1.29, 1.82) is 0 Å². The second kappa shape index (κ2) is 5.94. The minimum absolute atomic E-state index is 0.115. The van der Waals surface area contributed by atoms with E-state index >= 15 is 0 Å². The molecule has 21 heavy (non-hydrogen) atoms. The first-order valence-corrected chi connectivity index (χ1v) is 6.14. The molecule has 8 heteroatoms. The highest BCUT2D eigenvalue weighted by molar-refractivity contribution is 5.72. The lowest BCUT2D eigenvalue weighted by Gasteiger charge is -2.01. The lowest BCUT2D eigenvalue weighted by Crippen LogP contribution is -2.42. The maximum atomic E-state index is 12.4. The van der Waals surface area contributed by atoms with Crippen LogP contribution >= 0.6 is 0 Å². The molecule has 0 saturated carbocycles. The van der Waals surface area contributed by atoms with Crippen molar-refractivity contribution in [3.8, 4) is 11.4 Å². The molecule has 0 radical (unpaired) electrons. The van der Waals surface area contributed by atoms with Crippen LogP contribution < -0.4 is 5.41 Å². The molecule has 0 aliphatic carbocycles. The summed E-state index contributed by atoms with van der Waals surface area (Å²) in [7, 11) is 0. The summed E-state index contributed by atoms with van der Waals surface area (Å²) in [5.41, 5.74) is 1.29. The summed E-state index contributed by atoms with van der Waals surface area (Å²) >= 11 is 0. The summed E-state index contributed by atoms with van der Waals surface area (Å²) in [6.45, 7) is 2.30. The molecular weight excluding hydrogens is 287 g/mol. The Bertz CT molecular complexity index is 620. The molecule has 0 bridgehead atoms. The Balaban J connectivity index is 2.12. The summed E-state index contributed by atoms with van der Waals surface area (Å²) in [6.07, 6.45) is -4.22. The summed E-state index contributed by atoms with van der Waals surface area (Å²) in [5.74, 6) is -1.10. The van der Waals surface area contributed by atoms with Crippen LogP contribution in [0.2, 0.25) is 0 Å². The van der Waals surface area contributed by atoms with Gasteiger partial charge in [0.15, 0.2) is 0 Å². The molecule has 0 fully saturated rings. The van der Waals surface area contributed by atoms with Crippen LogP contribution in [0, 0.1) is 0 Å². The molecule has 0 spiro atoms. The third kappa shape index (κ3) is 3.80. The van der Waals surface area contributed by atoms with Crippen molar-refractivity contribution >= 4 is 5.90 Å². The molecule has 0 aliphatic rings. The van der Waals surface area contributed by atoms with Crippen LogP contribution in [0.4, 0.5) is 13.2 Å². The van der Waals surface area contributed by atoms with Gasteiger partial charge in [-0.2, -0.15) is 18.2 Å². The van der Waals surface area contributed by atoms with Crippen LogP contribution in [0.25, 0.3) is 11.4 Å². The summed E-state index contributed by atoms with van der Waals surface area (Å²) in [6, 6.07) is 6.62. The molecule has 2 rings (SSSR count). The topological polar surface area (TPSA) is 73.7 Å². The smallest absolute Gasteiger partial charge is 0.448 e. The van der Waals surface area contributed by atoms with Gasteiger partial charge in [0.05, 0.1) is 13.0 Å². The van der Waals surface area contributed by atoms with Crippen molar-refractivity contribution in [3.63, 3.8) is 0 Å². The highest BCUT2D eigenvalue weighted by Crippen LogP contribution is 2.29. The third-order valence-electron chi connectivity index (χ3n) is 2.59. The van der Waals surface area contributed by atoms with Crippen molar-refractivity contribution in [2.24, 2.45) is 0 Å². The van der Waals surface area contributed by atoms with Gasteiger partial charge in [-0.1, -0.05) is 29.4 Å². The molecule has 112 valence electrons. The standard InChI is InChI=1S/C13H12F3N3O2/c1-2-20-10(17)7-8-3-5-9(6-4-8)11-18-12(21-19-11)13(14,15)16/h3-6,17H,2,7H2,1H3/p+1.